The van der Waals surface area contributed by atoms with Crippen LogP contribution in [0.3, 0.4) is 0 Å². The maximum Gasteiger partial charge on any atom is 0.247 e. The lowest BCUT2D eigenvalue weighted by Crippen LogP contribution is -2.38. The van der Waals surface area contributed by atoms with Gasteiger partial charge in [-0.05, 0) is 37.8 Å². The number of rotatable bonds is 13. The van der Waals surface area contributed by atoms with E-state index in [0.717, 1.165) is 36.3 Å². The molecule has 1 atom stereocenters. The molecule has 0 aromatic heterocycles. The Morgan fingerprint density at radius 1 is 1.26 bits per heavy atom. The van der Waals surface area contributed by atoms with Crippen molar-refractivity contribution in [2.45, 2.75) is 71.6 Å². The molecule has 0 aliphatic rings. The molecule has 0 heterocycles. The number of unbranched alkanes of at least 4 members (excludes halogenated alkanes) is 3. The zero-order valence-corrected chi connectivity index (χ0v) is 17.8. The Labute approximate surface area is 168 Å². The highest BCUT2D eigenvalue weighted by Gasteiger charge is 2.25. The third-order valence-electron chi connectivity index (χ3n) is 4.25. The molecule has 1 rings (SSSR count). The lowest BCUT2D eigenvalue weighted by Gasteiger charge is -2.26. The molecule has 0 fully saturated rings. The lowest BCUT2D eigenvalue weighted by atomic mass is 10.1. The first kappa shape index (κ1) is 23.3. The van der Waals surface area contributed by atoms with Crippen LogP contribution in [0.2, 0.25) is 0 Å². The number of amides is 1. The summed E-state index contributed by atoms with van der Waals surface area (Å²) in [5, 5.41) is 3.16. The zero-order chi connectivity index (χ0) is 20.1. The van der Waals surface area contributed by atoms with Crippen molar-refractivity contribution >= 4 is 29.4 Å². The highest BCUT2D eigenvalue weighted by Crippen LogP contribution is 2.28. The Morgan fingerprint density at radius 2 is 2.04 bits per heavy atom. The number of halogens is 1. The summed E-state index contributed by atoms with van der Waals surface area (Å²) in [5.74, 6) is 0.554. The summed E-state index contributed by atoms with van der Waals surface area (Å²) in [4.78, 5) is 19.6. The van der Waals surface area contributed by atoms with Crippen LogP contribution in [0.25, 0.3) is 0 Å². The number of nitrogens with zero attached hydrogens (tertiary/aromatic N) is 2. The Balaban J connectivity index is 3.02. The second-order valence-corrected chi connectivity index (χ2v) is 6.84. The monoisotopic (exact) mass is 396 g/mol. The summed E-state index contributed by atoms with van der Waals surface area (Å²) in [6, 6.07) is 5.85. The molecule has 0 aliphatic heterocycles. The van der Waals surface area contributed by atoms with Gasteiger partial charge in [-0.15, -0.1) is 11.6 Å². The summed E-state index contributed by atoms with van der Waals surface area (Å²) in [5.41, 5.74) is 1.80. The van der Waals surface area contributed by atoms with Gasteiger partial charge in [-0.3, -0.25) is 9.69 Å². The number of hydrogen-bond donors (Lipinski definition) is 0. The quantitative estimate of drug-likeness (QED) is 0.145. The maximum atomic E-state index is 12.8. The fourth-order valence-corrected chi connectivity index (χ4v) is 2.78. The minimum atomic E-state index is -0.609. The van der Waals surface area contributed by atoms with Crippen molar-refractivity contribution in [3.63, 3.8) is 0 Å². The zero-order valence-electron chi connectivity index (χ0n) is 17.0. The van der Waals surface area contributed by atoms with E-state index in [0.29, 0.717) is 13.0 Å². The molecule has 0 saturated heterocycles. The molecule has 0 radical (unpaired) electrons. The van der Waals surface area contributed by atoms with Gasteiger partial charge in [0.25, 0.3) is 0 Å². The van der Waals surface area contributed by atoms with Crippen LogP contribution in [0.15, 0.2) is 23.4 Å². The maximum absolute atomic E-state index is 12.8. The van der Waals surface area contributed by atoms with Gasteiger partial charge < -0.3 is 9.57 Å². The number of ether oxygens (including phenoxy) is 1. The van der Waals surface area contributed by atoms with Crippen molar-refractivity contribution in [1.29, 1.82) is 0 Å². The van der Waals surface area contributed by atoms with Gasteiger partial charge in [0, 0.05) is 12.3 Å². The third kappa shape index (κ3) is 7.79. The topological polar surface area (TPSA) is 51.1 Å². The highest BCUT2D eigenvalue weighted by atomic mass is 35.5. The molecule has 0 saturated carbocycles. The summed E-state index contributed by atoms with van der Waals surface area (Å²) < 4.78 is 5.89. The average molecular weight is 397 g/mol. The van der Waals surface area contributed by atoms with Crippen molar-refractivity contribution < 1.29 is 14.4 Å². The molecule has 1 aromatic carbocycles. The number of anilines is 1. The average Bonchev–Trinajstić information content (AvgIpc) is 2.70. The molecule has 1 amide bonds. The van der Waals surface area contributed by atoms with E-state index in [1.54, 1.807) is 11.8 Å². The van der Waals surface area contributed by atoms with Crippen LogP contribution in [0, 0.1) is 0 Å². The van der Waals surface area contributed by atoms with Crippen molar-refractivity contribution in [2.24, 2.45) is 5.16 Å². The van der Waals surface area contributed by atoms with E-state index in [9.17, 15) is 4.79 Å². The van der Waals surface area contributed by atoms with Crippen molar-refractivity contribution in [2.75, 3.05) is 18.2 Å². The van der Waals surface area contributed by atoms with Gasteiger partial charge in [-0.2, -0.15) is 0 Å². The molecular formula is C21H33ClN2O3. The predicted molar refractivity (Wildman–Crippen MR) is 113 cm³/mol. The molecule has 5 nitrogen and oxygen atoms in total. The fourth-order valence-electron chi connectivity index (χ4n) is 2.66. The molecule has 0 spiro atoms. The fraction of sp³-hybridized carbons (Fsp3) is 0.619. The van der Waals surface area contributed by atoms with Gasteiger partial charge in [-0.1, -0.05) is 51.3 Å². The van der Waals surface area contributed by atoms with Gasteiger partial charge in [0.15, 0.2) is 6.73 Å². The molecule has 6 heteroatoms. The van der Waals surface area contributed by atoms with E-state index >= 15 is 0 Å². The second kappa shape index (κ2) is 13.4. The molecular weight excluding hydrogens is 364 g/mol. The molecule has 1 unspecified atom stereocenters. The van der Waals surface area contributed by atoms with Gasteiger partial charge in [-0.25, -0.2) is 0 Å². The van der Waals surface area contributed by atoms with Gasteiger partial charge in [0.2, 0.25) is 5.91 Å². The summed E-state index contributed by atoms with van der Waals surface area (Å²) in [6.07, 6.45) is 7.47. The minimum absolute atomic E-state index is 0.0132. The number of aryl methyl sites for hydroxylation is 1. The van der Waals surface area contributed by atoms with E-state index in [2.05, 4.69) is 19.0 Å². The van der Waals surface area contributed by atoms with Gasteiger partial charge in [0.05, 0.1) is 12.3 Å². The van der Waals surface area contributed by atoms with Gasteiger partial charge in [0.1, 0.15) is 11.1 Å². The third-order valence-corrected chi connectivity index (χ3v) is 4.75. The van der Waals surface area contributed by atoms with Crippen LogP contribution in [-0.4, -0.2) is 30.8 Å². The van der Waals surface area contributed by atoms with Crippen molar-refractivity contribution in [3.05, 3.63) is 23.8 Å². The first-order valence-corrected chi connectivity index (χ1v) is 10.3. The lowest BCUT2D eigenvalue weighted by molar-refractivity contribution is -0.119. The van der Waals surface area contributed by atoms with Gasteiger partial charge >= 0.3 is 0 Å². The Kier molecular flexibility index (Phi) is 11.6. The van der Waals surface area contributed by atoms with Crippen LogP contribution in [0.1, 0.15) is 65.4 Å². The Bertz CT molecular complexity index is 593. The first-order chi connectivity index (χ1) is 13.1. The molecule has 152 valence electrons. The normalized spacial score (nSPS) is 12.2. The summed E-state index contributed by atoms with van der Waals surface area (Å²) in [6.45, 7) is 8.56. The van der Waals surface area contributed by atoms with Crippen LogP contribution in [0.4, 0.5) is 5.69 Å². The number of benzene rings is 1. The summed E-state index contributed by atoms with van der Waals surface area (Å²) >= 11 is 6.22. The Morgan fingerprint density at radius 3 is 2.67 bits per heavy atom. The van der Waals surface area contributed by atoms with Crippen molar-refractivity contribution in [3.8, 4) is 5.75 Å². The van der Waals surface area contributed by atoms with E-state index in [4.69, 9.17) is 21.2 Å². The van der Waals surface area contributed by atoms with Crippen LogP contribution in [-0.2, 0) is 16.1 Å². The summed E-state index contributed by atoms with van der Waals surface area (Å²) in [7, 11) is 0. The first-order valence-electron chi connectivity index (χ1n) is 9.90. The van der Waals surface area contributed by atoms with E-state index < -0.39 is 5.38 Å². The number of oxime groups is 1. The number of hydrogen-bond acceptors (Lipinski definition) is 4. The van der Waals surface area contributed by atoms with Crippen molar-refractivity contribution in [1.82, 2.24) is 0 Å². The Hall–Kier alpha value is -1.75. The molecule has 0 N–H and O–H groups in total. The minimum Gasteiger partial charge on any atom is -0.494 e. The molecule has 1 aromatic rings. The smallest absolute Gasteiger partial charge is 0.247 e. The largest absolute Gasteiger partial charge is 0.494 e. The van der Waals surface area contributed by atoms with Crippen LogP contribution in [0.5, 0.6) is 5.75 Å². The number of carbonyl (C=O) groups is 1. The second-order valence-electron chi connectivity index (χ2n) is 6.32. The number of alkyl halides is 1. The van der Waals surface area contributed by atoms with E-state index in [1.807, 2.05) is 25.1 Å². The van der Waals surface area contributed by atoms with Crippen LogP contribution >= 0.6 is 11.6 Å². The SMILES string of the molecule is CC=NOCN(C(=O)C(Cl)CC)c1cc(OCCCCCC)ccc1CC. The van der Waals surface area contributed by atoms with E-state index in [1.165, 1.54) is 19.1 Å². The molecule has 27 heavy (non-hydrogen) atoms. The highest BCUT2D eigenvalue weighted by molar-refractivity contribution is 6.32. The van der Waals surface area contributed by atoms with E-state index in [-0.39, 0.29) is 12.6 Å². The molecule has 0 bridgehead atoms. The number of carbonyl (C=O) groups excluding carboxylic acids is 1. The predicted octanol–water partition coefficient (Wildman–Crippen LogP) is 5.54. The standard InChI is InChI=1S/C21H33ClN2O3/c1-5-9-10-11-14-26-18-13-12-17(6-2)20(15-18)24(16-27-23-8-4)21(25)19(22)7-3/h8,12-13,15,19H,5-7,9-11,14,16H2,1-4H3. The van der Waals surface area contributed by atoms with Crippen LogP contribution < -0.4 is 9.64 Å². The molecule has 0 aliphatic carbocycles.